The van der Waals surface area contributed by atoms with Gasteiger partial charge in [-0.25, -0.2) is 0 Å². The predicted molar refractivity (Wildman–Crippen MR) is 85.7 cm³/mol. The average Bonchev–Trinajstić information content (AvgIpc) is 2.40. The van der Waals surface area contributed by atoms with E-state index in [0.29, 0.717) is 18.5 Å². The Hall–Kier alpha value is -0.840. The van der Waals surface area contributed by atoms with Gasteiger partial charge in [-0.3, -0.25) is 9.78 Å². The minimum Gasteiger partial charge on any atom is -0.337 e. The van der Waals surface area contributed by atoms with Crippen LogP contribution in [0.4, 0.5) is 0 Å². The summed E-state index contributed by atoms with van der Waals surface area (Å²) in [5.74, 6) is 0.257. The van der Waals surface area contributed by atoms with Crippen molar-refractivity contribution >= 4 is 30.7 Å². The number of nitrogens with zero attached hydrogens (tertiary/aromatic N) is 2. The van der Waals surface area contributed by atoms with E-state index in [1.54, 1.807) is 12.4 Å². The number of hydrogen-bond acceptors (Lipinski definition) is 3. The van der Waals surface area contributed by atoms with E-state index in [-0.39, 0.29) is 30.7 Å². The SMILES string of the molecule is CC1CN(C(=O)CCc2ccncc2)C(C)CN1.Cl.Cl. The number of carbonyl (C=O) groups is 1. The van der Waals surface area contributed by atoms with Gasteiger partial charge in [0.1, 0.15) is 0 Å². The van der Waals surface area contributed by atoms with Crippen LogP contribution in [-0.2, 0) is 11.2 Å². The van der Waals surface area contributed by atoms with Gasteiger partial charge in [0.25, 0.3) is 0 Å². The molecule has 0 aromatic carbocycles. The Morgan fingerprint density at radius 1 is 1.35 bits per heavy atom. The number of rotatable bonds is 3. The summed E-state index contributed by atoms with van der Waals surface area (Å²) in [6.07, 6.45) is 4.93. The maximum atomic E-state index is 12.2. The lowest BCUT2D eigenvalue weighted by Gasteiger charge is -2.37. The number of halogens is 2. The summed E-state index contributed by atoms with van der Waals surface area (Å²) in [4.78, 5) is 18.2. The average molecular weight is 320 g/mol. The number of nitrogens with one attached hydrogen (secondary N) is 1. The molecule has 1 aliphatic heterocycles. The van der Waals surface area contributed by atoms with Gasteiger partial charge in [0.2, 0.25) is 5.91 Å². The Morgan fingerprint density at radius 3 is 2.65 bits per heavy atom. The lowest BCUT2D eigenvalue weighted by Crippen LogP contribution is -2.56. The monoisotopic (exact) mass is 319 g/mol. The first kappa shape index (κ1) is 19.2. The Morgan fingerprint density at radius 2 is 2.00 bits per heavy atom. The van der Waals surface area contributed by atoms with Crippen LogP contribution in [-0.4, -0.2) is 41.0 Å². The van der Waals surface area contributed by atoms with E-state index in [1.807, 2.05) is 17.0 Å². The van der Waals surface area contributed by atoms with Crippen LogP contribution in [0.5, 0.6) is 0 Å². The number of carbonyl (C=O) groups excluding carboxylic acids is 1. The van der Waals surface area contributed by atoms with Crippen LogP contribution in [0.1, 0.15) is 25.8 Å². The van der Waals surface area contributed by atoms with Crippen molar-refractivity contribution in [2.45, 2.75) is 38.8 Å². The molecule has 4 nitrogen and oxygen atoms in total. The van der Waals surface area contributed by atoms with Gasteiger partial charge in [0.15, 0.2) is 0 Å². The lowest BCUT2D eigenvalue weighted by atomic mass is 10.1. The van der Waals surface area contributed by atoms with Gasteiger partial charge in [-0.05, 0) is 38.0 Å². The molecule has 1 fully saturated rings. The number of pyridine rings is 1. The molecule has 0 saturated carbocycles. The molecule has 0 aliphatic carbocycles. The predicted octanol–water partition coefficient (Wildman–Crippen LogP) is 2.07. The number of amides is 1. The number of aromatic nitrogens is 1. The standard InChI is InChI=1S/C14H21N3O.2ClH/c1-11-10-17(12(2)9-16-11)14(18)4-3-13-5-7-15-8-6-13;;/h5-8,11-12,16H,3-4,9-10H2,1-2H3;2*1H. The smallest absolute Gasteiger partial charge is 0.223 e. The van der Waals surface area contributed by atoms with Gasteiger partial charge in [0.05, 0.1) is 0 Å². The molecule has 1 saturated heterocycles. The van der Waals surface area contributed by atoms with E-state index < -0.39 is 0 Å². The molecule has 2 heterocycles. The summed E-state index contributed by atoms with van der Waals surface area (Å²) in [6.45, 7) is 5.93. The molecule has 2 atom stereocenters. The van der Waals surface area contributed by atoms with Crippen LogP contribution in [0.15, 0.2) is 24.5 Å². The number of aryl methyl sites for hydroxylation is 1. The highest BCUT2D eigenvalue weighted by atomic mass is 35.5. The van der Waals surface area contributed by atoms with Crippen LogP contribution in [0, 0.1) is 0 Å². The van der Waals surface area contributed by atoms with Gasteiger partial charge in [-0.15, -0.1) is 24.8 Å². The summed E-state index contributed by atoms with van der Waals surface area (Å²) < 4.78 is 0. The quantitative estimate of drug-likeness (QED) is 0.927. The second kappa shape index (κ2) is 9.16. The van der Waals surface area contributed by atoms with Gasteiger partial charge in [0, 0.05) is 44.0 Å². The second-order valence-electron chi connectivity index (χ2n) is 5.06. The Bertz CT molecular complexity index is 403. The molecule has 1 aromatic heterocycles. The highest BCUT2D eigenvalue weighted by molar-refractivity contribution is 5.85. The fourth-order valence-electron chi connectivity index (χ4n) is 2.31. The zero-order valence-electron chi connectivity index (χ0n) is 11.9. The molecular weight excluding hydrogens is 297 g/mol. The van der Waals surface area contributed by atoms with Gasteiger partial charge in [-0.1, -0.05) is 0 Å². The molecule has 1 aromatic rings. The van der Waals surface area contributed by atoms with E-state index in [4.69, 9.17) is 0 Å². The van der Waals surface area contributed by atoms with Crippen molar-refractivity contribution in [1.29, 1.82) is 0 Å². The molecule has 6 heteroatoms. The maximum Gasteiger partial charge on any atom is 0.223 e. The first-order chi connectivity index (χ1) is 8.66. The van der Waals surface area contributed by atoms with Gasteiger partial charge < -0.3 is 10.2 Å². The molecule has 20 heavy (non-hydrogen) atoms. The maximum absolute atomic E-state index is 12.2. The van der Waals surface area contributed by atoms with E-state index >= 15 is 0 Å². The highest BCUT2D eigenvalue weighted by Crippen LogP contribution is 2.10. The van der Waals surface area contributed by atoms with Crippen LogP contribution in [0.3, 0.4) is 0 Å². The van der Waals surface area contributed by atoms with Gasteiger partial charge >= 0.3 is 0 Å². The van der Waals surface area contributed by atoms with Gasteiger partial charge in [-0.2, -0.15) is 0 Å². The summed E-state index contributed by atoms with van der Waals surface area (Å²) >= 11 is 0. The summed E-state index contributed by atoms with van der Waals surface area (Å²) in [7, 11) is 0. The molecule has 1 amide bonds. The van der Waals surface area contributed by atoms with Crippen LogP contribution < -0.4 is 5.32 Å². The Labute approximate surface area is 133 Å². The summed E-state index contributed by atoms with van der Waals surface area (Å²) in [5.41, 5.74) is 1.18. The molecule has 0 bridgehead atoms. The lowest BCUT2D eigenvalue weighted by molar-refractivity contribution is -0.134. The normalized spacial score (nSPS) is 21.6. The highest BCUT2D eigenvalue weighted by Gasteiger charge is 2.25. The molecular formula is C14H23Cl2N3O. The Kier molecular flexibility index (Phi) is 8.78. The topological polar surface area (TPSA) is 45.2 Å². The molecule has 2 unspecified atom stereocenters. The molecule has 114 valence electrons. The van der Waals surface area contributed by atoms with Crippen LogP contribution in [0.2, 0.25) is 0 Å². The third kappa shape index (κ3) is 5.27. The first-order valence-corrected chi connectivity index (χ1v) is 6.58. The number of hydrogen-bond donors (Lipinski definition) is 1. The molecule has 1 N–H and O–H groups in total. The minimum atomic E-state index is 0. The molecule has 0 radical (unpaired) electrons. The second-order valence-corrected chi connectivity index (χ2v) is 5.06. The Balaban J connectivity index is 0.00000180. The first-order valence-electron chi connectivity index (χ1n) is 6.58. The van der Waals surface area contributed by atoms with E-state index in [1.165, 1.54) is 5.56 Å². The van der Waals surface area contributed by atoms with Crippen molar-refractivity contribution in [3.8, 4) is 0 Å². The third-order valence-corrected chi connectivity index (χ3v) is 3.46. The zero-order chi connectivity index (χ0) is 13.0. The van der Waals surface area contributed by atoms with Crippen molar-refractivity contribution in [3.63, 3.8) is 0 Å². The van der Waals surface area contributed by atoms with Crippen molar-refractivity contribution in [1.82, 2.24) is 15.2 Å². The molecule has 2 rings (SSSR count). The summed E-state index contributed by atoms with van der Waals surface area (Å²) in [6, 6.07) is 4.63. The minimum absolute atomic E-state index is 0. The van der Waals surface area contributed by atoms with Crippen LogP contribution >= 0.6 is 24.8 Å². The van der Waals surface area contributed by atoms with E-state index in [9.17, 15) is 4.79 Å². The fourth-order valence-corrected chi connectivity index (χ4v) is 2.31. The van der Waals surface area contributed by atoms with Crippen molar-refractivity contribution in [2.24, 2.45) is 0 Å². The van der Waals surface area contributed by atoms with Crippen LogP contribution in [0.25, 0.3) is 0 Å². The number of piperazine rings is 1. The van der Waals surface area contributed by atoms with Crippen molar-refractivity contribution < 1.29 is 4.79 Å². The van der Waals surface area contributed by atoms with Crippen molar-refractivity contribution in [3.05, 3.63) is 30.1 Å². The summed E-state index contributed by atoms with van der Waals surface area (Å²) in [5, 5.41) is 3.39. The molecule has 0 spiro atoms. The van der Waals surface area contributed by atoms with E-state index in [2.05, 4.69) is 24.1 Å². The zero-order valence-corrected chi connectivity index (χ0v) is 13.5. The van der Waals surface area contributed by atoms with Crippen molar-refractivity contribution in [2.75, 3.05) is 13.1 Å². The molecule has 1 aliphatic rings. The van der Waals surface area contributed by atoms with E-state index in [0.717, 1.165) is 19.5 Å². The third-order valence-electron chi connectivity index (χ3n) is 3.46. The fraction of sp³-hybridized carbons (Fsp3) is 0.571. The largest absolute Gasteiger partial charge is 0.337 e.